The molecule has 0 radical (unpaired) electrons. The first kappa shape index (κ1) is 15.0. The highest BCUT2D eigenvalue weighted by atomic mass is 79.9. The summed E-state index contributed by atoms with van der Waals surface area (Å²) in [7, 11) is 0. The van der Waals surface area contributed by atoms with E-state index in [0.717, 1.165) is 24.6 Å². The molecule has 2 aliphatic rings. The van der Waals surface area contributed by atoms with Gasteiger partial charge >= 0.3 is 0 Å². The molecule has 2 atom stereocenters. The summed E-state index contributed by atoms with van der Waals surface area (Å²) >= 11 is 3.43. The number of nitrogens with zero attached hydrogens (tertiary/aromatic N) is 2. The van der Waals surface area contributed by atoms with Gasteiger partial charge < -0.3 is 0 Å². The monoisotopic (exact) mass is 352 g/mol. The highest BCUT2D eigenvalue weighted by Crippen LogP contribution is 2.37. The van der Waals surface area contributed by atoms with Gasteiger partial charge in [-0.25, -0.2) is 0 Å². The minimum absolute atomic E-state index is 0.171. The summed E-state index contributed by atoms with van der Waals surface area (Å²) in [6.07, 6.45) is 7.96. The first-order chi connectivity index (χ1) is 10.2. The molecule has 1 aromatic carbocycles. The molecule has 1 saturated heterocycles. The van der Waals surface area contributed by atoms with Gasteiger partial charge in [-0.2, -0.15) is 0 Å². The van der Waals surface area contributed by atoms with Gasteiger partial charge in [-0.05, 0) is 59.6 Å². The van der Waals surface area contributed by atoms with Crippen LogP contribution >= 0.6 is 15.9 Å². The Morgan fingerprint density at radius 3 is 2.81 bits per heavy atom. The predicted molar refractivity (Wildman–Crippen MR) is 86.2 cm³/mol. The quantitative estimate of drug-likeness (QED) is 0.593. The third-order valence-electron chi connectivity index (χ3n) is 4.99. The predicted octanol–water partition coefficient (Wildman–Crippen LogP) is 4.51. The first-order valence-electron chi connectivity index (χ1n) is 7.82. The number of nitro benzene ring substituents is 1. The van der Waals surface area contributed by atoms with Crippen molar-refractivity contribution in [2.24, 2.45) is 5.92 Å². The zero-order valence-corrected chi connectivity index (χ0v) is 13.7. The minimum Gasteiger partial charge on any atom is -0.296 e. The number of hydrogen-bond donors (Lipinski definition) is 0. The van der Waals surface area contributed by atoms with Crippen LogP contribution in [-0.4, -0.2) is 22.4 Å². The van der Waals surface area contributed by atoms with Gasteiger partial charge in [-0.1, -0.05) is 25.0 Å². The van der Waals surface area contributed by atoms with Crippen LogP contribution in [0.5, 0.6) is 0 Å². The second kappa shape index (κ2) is 6.44. The lowest BCUT2D eigenvalue weighted by Gasteiger charge is -2.44. The van der Waals surface area contributed by atoms with Crippen LogP contribution in [0.3, 0.4) is 0 Å². The van der Waals surface area contributed by atoms with Crippen molar-refractivity contribution in [1.29, 1.82) is 0 Å². The zero-order chi connectivity index (χ0) is 14.8. The zero-order valence-electron chi connectivity index (χ0n) is 12.1. The van der Waals surface area contributed by atoms with E-state index in [4.69, 9.17) is 0 Å². The summed E-state index contributed by atoms with van der Waals surface area (Å²) in [4.78, 5) is 13.3. The third-order valence-corrected chi connectivity index (χ3v) is 5.90. The van der Waals surface area contributed by atoms with Crippen LogP contribution in [0.15, 0.2) is 22.7 Å². The molecule has 4 nitrogen and oxygen atoms in total. The standard InChI is InChI=1S/C16H21BrN2O2/c17-16-13(6-3-9-15(16)19(20)21)11-18-10-4-7-12-5-1-2-8-14(12)18/h3,6,9,12,14H,1-2,4-5,7-8,10-11H2. The van der Waals surface area contributed by atoms with E-state index < -0.39 is 0 Å². The highest BCUT2D eigenvalue weighted by molar-refractivity contribution is 9.10. The largest absolute Gasteiger partial charge is 0.296 e. The molecule has 0 spiro atoms. The topological polar surface area (TPSA) is 46.4 Å². The van der Waals surface area contributed by atoms with Crippen molar-refractivity contribution >= 4 is 21.6 Å². The number of hydrogen-bond acceptors (Lipinski definition) is 3. The van der Waals surface area contributed by atoms with Crippen LogP contribution in [0, 0.1) is 16.0 Å². The number of fused-ring (bicyclic) bond motifs is 1. The Balaban J connectivity index is 1.79. The van der Waals surface area contributed by atoms with E-state index in [-0.39, 0.29) is 10.6 Å². The summed E-state index contributed by atoms with van der Waals surface area (Å²) in [5, 5.41) is 11.1. The van der Waals surface area contributed by atoms with E-state index in [1.54, 1.807) is 12.1 Å². The molecule has 1 heterocycles. The van der Waals surface area contributed by atoms with Crippen molar-refractivity contribution in [3.8, 4) is 0 Å². The van der Waals surface area contributed by atoms with Gasteiger partial charge in [0.05, 0.1) is 9.40 Å². The lowest BCUT2D eigenvalue weighted by molar-refractivity contribution is -0.385. The van der Waals surface area contributed by atoms with Crippen LogP contribution in [0.25, 0.3) is 0 Å². The fraction of sp³-hybridized carbons (Fsp3) is 0.625. The number of nitro groups is 1. The van der Waals surface area contributed by atoms with Crippen LogP contribution in [-0.2, 0) is 6.54 Å². The maximum Gasteiger partial charge on any atom is 0.283 e. The summed E-state index contributed by atoms with van der Waals surface area (Å²) in [6, 6.07) is 6.04. The number of likely N-dealkylation sites (tertiary alicyclic amines) is 1. The molecular formula is C16H21BrN2O2. The summed E-state index contributed by atoms with van der Waals surface area (Å²) in [5.41, 5.74) is 1.21. The SMILES string of the molecule is O=[N+]([O-])c1cccc(CN2CCCC3CCCCC32)c1Br. The maximum absolute atomic E-state index is 11.1. The number of halogens is 1. The second-order valence-corrected chi connectivity index (χ2v) is 7.02. The van der Waals surface area contributed by atoms with E-state index >= 15 is 0 Å². The lowest BCUT2D eigenvalue weighted by Crippen LogP contribution is -2.46. The normalized spacial score (nSPS) is 26.3. The van der Waals surface area contributed by atoms with Gasteiger partial charge in [-0.3, -0.25) is 15.0 Å². The van der Waals surface area contributed by atoms with Crippen molar-refractivity contribution in [2.45, 2.75) is 51.1 Å². The summed E-state index contributed by atoms with van der Waals surface area (Å²) < 4.78 is 0.646. The lowest BCUT2D eigenvalue weighted by atomic mass is 9.78. The fourth-order valence-electron chi connectivity index (χ4n) is 3.97. The van der Waals surface area contributed by atoms with Gasteiger partial charge in [0, 0.05) is 18.7 Å². The Labute approximate surface area is 133 Å². The second-order valence-electron chi connectivity index (χ2n) is 6.23. The molecule has 1 saturated carbocycles. The Bertz CT molecular complexity index is 533. The number of rotatable bonds is 3. The molecule has 21 heavy (non-hydrogen) atoms. The molecule has 0 bridgehead atoms. The van der Waals surface area contributed by atoms with Crippen molar-refractivity contribution in [3.05, 3.63) is 38.3 Å². The van der Waals surface area contributed by atoms with Crippen LogP contribution in [0.1, 0.15) is 44.1 Å². The molecular weight excluding hydrogens is 332 g/mol. The van der Waals surface area contributed by atoms with Gasteiger partial charge in [0.15, 0.2) is 0 Å². The van der Waals surface area contributed by atoms with Crippen molar-refractivity contribution in [1.82, 2.24) is 4.90 Å². The molecule has 1 aliphatic heterocycles. The van der Waals surface area contributed by atoms with Crippen molar-refractivity contribution in [2.75, 3.05) is 6.54 Å². The van der Waals surface area contributed by atoms with E-state index in [1.165, 1.54) is 38.5 Å². The summed E-state index contributed by atoms with van der Waals surface area (Å²) in [5.74, 6) is 0.838. The highest BCUT2D eigenvalue weighted by Gasteiger charge is 2.33. The smallest absolute Gasteiger partial charge is 0.283 e. The number of benzene rings is 1. The first-order valence-corrected chi connectivity index (χ1v) is 8.62. The van der Waals surface area contributed by atoms with Crippen LogP contribution in [0.2, 0.25) is 0 Å². The summed E-state index contributed by atoms with van der Waals surface area (Å²) in [6.45, 7) is 1.94. The molecule has 3 rings (SSSR count). The Hall–Kier alpha value is -0.940. The molecule has 5 heteroatoms. The number of piperidine rings is 1. The van der Waals surface area contributed by atoms with Crippen LogP contribution < -0.4 is 0 Å². The van der Waals surface area contributed by atoms with Crippen molar-refractivity contribution in [3.63, 3.8) is 0 Å². The van der Waals surface area contributed by atoms with Gasteiger partial charge in [-0.15, -0.1) is 0 Å². The Kier molecular flexibility index (Phi) is 4.60. The average Bonchev–Trinajstić information content (AvgIpc) is 2.49. The van der Waals surface area contributed by atoms with E-state index in [2.05, 4.69) is 20.8 Å². The molecule has 114 valence electrons. The fourth-order valence-corrected chi connectivity index (χ4v) is 4.51. The van der Waals surface area contributed by atoms with E-state index in [0.29, 0.717) is 10.5 Å². The molecule has 0 amide bonds. The molecule has 0 aromatic heterocycles. The van der Waals surface area contributed by atoms with Gasteiger partial charge in [0.1, 0.15) is 0 Å². The Morgan fingerprint density at radius 1 is 1.24 bits per heavy atom. The average molecular weight is 353 g/mol. The molecule has 1 aliphatic carbocycles. The molecule has 2 unspecified atom stereocenters. The minimum atomic E-state index is -0.312. The van der Waals surface area contributed by atoms with Crippen molar-refractivity contribution < 1.29 is 4.92 Å². The van der Waals surface area contributed by atoms with Crippen LogP contribution in [0.4, 0.5) is 5.69 Å². The Morgan fingerprint density at radius 2 is 2.00 bits per heavy atom. The molecule has 1 aromatic rings. The maximum atomic E-state index is 11.1. The third kappa shape index (κ3) is 3.14. The van der Waals surface area contributed by atoms with E-state index in [9.17, 15) is 10.1 Å². The molecule has 2 fully saturated rings. The van der Waals surface area contributed by atoms with Gasteiger partial charge in [0.25, 0.3) is 5.69 Å². The molecule has 0 N–H and O–H groups in total. The van der Waals surface area contributed by atoms with E-state index in [1.807, 2.05) is 6.07 Å². The van der Waals surface area contributed by atoms with Gasteiger partial charge in [0.2, 0.25) is 0 Å².